The van der Waals surface area contributed by atoms with Gasteiger partial charge < -0.3 is 16.0 Å². The Morgan fingerprint density at radius 3 is 2.19 bits per heavy atom. The molecule has 0 spiro atoms. The summed E-state index contributed by atoms with van der Waals surface area (Å²) in [5, 5.41) is 9.54. The lowest BCUT2D eigenvalue weighted by molar-refractivity contribution is 0.0823. The van der Waals surface area contributed by atoms with E-state index < -0.39 is 0 Å². The minimum absolute atomic E-state index is 0.112. The molecule has 0 bridgehead atoms. The van der Waals surface area contributed by atoms with Gasteiger partial charge in [-0.1, -0.05) is 23.7 Å². The Morgan fingerprint density at radius 1 is 0.963 bits per heavy atom. The van der Waals surface area contributed by atoms with Crippen molar-refractivity contribution in [2.45, 2.75) is 43.7 Å². The van der Waals surface area contributed by atoms with E-state index in [4.69, 9.17) is 11.6 Å². The molecule has 2 aliphatic rings. The molecule has 0 saturated heterocycles. The number of urea groups is 1. The van der Waals surface area contributed by atoms with Crippen molar-refractivity contribution in [1.82, 2.24) is 10.6 Å². The van der Waals surface area contributed by atoms with Gasteiger partial charge in [0, 0.05) is 22.3 Å². The number of hydrogen-bond donors (Lipinski definition) is 3. The molecular formula is C21H22ClN3O2. The van der Waals surface area contributed by atoms with Gasteiger partial charge in [0.05, 0.1) is 5.54 Å². The van der Waals surface area contributed by atoms with E-state index >= 15 is 0 Å². The number of benzene rings is 2. The van der Waals surface area contributed by atoms with Crippen LogP contribution in [0.4, 0.5) is 10.5 Å². The fourth-order valence-corrected chi connectivity index (χ4v) is 3.49. The summed E-state index contributed by atoms with van der Waals surface area (Å²) in [4.78, 5) is 24.5. The van der Waals surface area contributed by atoms with Crippen LogP contribution in [0.2, 0.25) is 5.02 Å². The summed E-state index contributed by atoms with van der Waals surface area (Å²) >= 11 is 5.98. The fraction of sp³-hybridized carbons (Fsp3) is 0.333. The van der Waals surface area contributed by atoms with Crippen LogP contribution in [0.5, 0.6) is 0 Å². The number of rotatable bonds is 5. The highest BCUT2D eigenvalue weighted by atomic mass is 35.5. The van der Waals surface area contributed by atoms with Gasteiger partial charge in [-0.05, 0) is 74.1 Å². The highest BCUT2D eigenvalue weighted by Gasteiger charge is 2.40. The van der Waals surface area contributed by atoms with Crippen LogP contribution in [-0.2, 0) is 5.54 Å². The van der Waals surface area contributed by atoms with Crippen molar-refractivity contribution in [3.05, 3.63) is 64.7 Å². The summed E-state index contributed by atoms with van der Waals surface area (Å²) in [6.45, 7) is 0. The second kappa shape index (κ2) is 7.24. The Labute approximate surface area is 163 Å². The van der Waals surface area contributed by atoms with Gasteiger partial charge in [0.15, 0.2) is 0 Å². The first-order chi connectivity index (χ1) is 13.0. The van der Waals surface area contributed by atoms with E-state index in [1.54, 1.807) is 24.3 Å². The van der Waals surface area contributed by atoms with Crippen LogP contribution in [0.3, 0.4) is 0 Å². The monoisotopic (exact) mass is 383 g/mol. The highest BCUT2D eigenvalue weighted by molar-refractivity contribution is 6.30. The van der Waals surface area contributed by atoms with Crippen molar-refractivity contribution in [2.24, 2.45) is 0 Å². The molecule has 5 nitrogen and oxygen atoms in total. The molecule has 0 radical (unpaired) electrons. The van der Waals surface area contributed by atoms with E-state index in [0.29, 0.717) is 22.3 Å². The van der Waals surface area contributed by atoms with Gasteiger partial charge in [0.1, 0.15) is 0 Å². The molecule has 0 aromatic heterocycles. The molecule has 0 atom stereocenters. The molecule has 2 saturated carbocycles. The van der Waals surface area contributed by atoms with E-state index in [0.717, 1.165) is 37.7 Å². The summed E-state index contributed by atoms with van der Waals surface area (Å²) in [7, 11) is 0. The molecule has 3 N–H and O–H groups in total. The molecule has 0 aliphatic heterocycles. The lowest BCUT2D eigenvalue weighted by Crippen LogP contribution is -2.50. The molecule has 2 aromatic carbocycles. The maximum Gasteiger partial charge on any atom is 0.319 e. The second-order valence-electron chi connectivity index (χ2n) is 7.35. The van der Waals surface area contributed by atoms with E-state index in [-0.39, 0.29) is 17.5 Å². The summed E-state index contributed by atoms with van der Waals surface area (Å²) in [5.41, 5.74) is 2.01. The molecule has 4 rings (SSSR count). The molecule has 6 heteroatoms. The molecule has 0 heterocycles. The largest absolute Gasteiger partial charge is 0.343 e. The predicted molar refractivity (Wildman–Crippen MR) is 106 cm³/mol. The summed E-state index contributed by atoms with van der Waals surface area (Å²) in [5.74, 6) is -0.112. The van der Waals surface area contributed by atoms with Crippen LogP contribution < -0.4 is 16.0 Å². The van der Waals surface area contributed by atoms with Gasteiger partial charge in [0.2, 0.25) is 0 Å². The van der Waals surface area contributed by atoms with Gasteiger partial charge >= 0.3 is 6.03 Å². The Morgan fingerprint density at radius 2 is 1.63 bits per heavy atom. The zero-order valence-corrected chi connectivity index (χ0v) is 15.7. The lowest BCUT2D eigenvalue weighted by atomic mass is 9.71. The maximum atomic E-state index is 12.7. The first-order valence-corrected chi connectivity index (χ1v) is 9.68. The molecule has 3 amide bonds. The highest BCUT2D eigenvalue weighted by Crippen LogP contribution is 2.41. The van der Waals surface area contributed by atoms with Crippen molar-refractivity contribution in [3.8, 4) is 0 Å². The smallest absolute Gasteiger partial charge is 0.319 e. The standard InChI is InChI=1S/C21H22ClN3O2/c22-16-6-4-15(5-7-16)21(12-1-13-21)25-19(26)14-2-8-17(9-3-14)23-20(27)24-18-10-11-18/h2-9,18H,1,10-13H2,(H,25,26)(H2,23,24,27). The van der Waals surface area contributed by atoms with Crippen LogP contribution in [0.15, 0.2) is 48.5 Å². The summed E-state index contributed by atoms with van der Waals surface area (Å²) in [6.07, 6.45) is 5.01. The first kappa shape index (κ1) is 17.9. The zero-order chi connectivity index (χ0) is 18.9. The molecule has 2 fully saturated rings. The van der Waals surface area contributed by atoms with Crippen molar-refractivity contribution >= 4 is 29.2 Å². The fourth-order valence-electron chi connectivity index (χ4n) is 3.36. The number of carbonyl (C=O) groups is 2. The van der Waals surface area contributed by atoms with Crippen LogP contribution in [0.25, 0.3) is 0 Å². The van der Waals surface area contributed by atoms with Crippen molar-refractivity contribution in [1.29, 1.82) is 0 Å². The minimum Gasteiger partial charge on any atom is -0.343 e. The Kier molecular flexibility index (Phi) is 4.79. The number of anilines is 1. The zero-order valence-electron chi connectivity index (χ0n) is 14.9. The molecule has 27 heavy (non-hydrogen) atoms. The van der Waals surface area contributed by atoms with Gasteiger partial charge in [-0.2, -0.15) is 0 Å². The number of amides is 3. The number of nitrogens with one attached hydrogen (secondary N) is 3. The third-order valence-corrected chi connectivity index (χ3v) is 5.53. The average Bonchev–Trinajstić information content (AvgIpc) is 3.43. The molecule has 140 valence electrons. The number of hydrogen-bond acceptors (Lipinski definition) is 2. The molecule has 2 aliphatic carbocycles. The average molecular weight is 384 g/mol. The van der Waals surface area contributed by atoms with Crippen molar-refractivity contribution < 1.29 is 9.59 Å². The van der Waals surface area contributed by atoms with E-state index in [1.807, 2.05) is 24.3 Å². The Balaban J connectivity index is 1.41. The maximum absolute atomic E-state index is 12.7. The topological polar surface area (TPSA) is 70.2 Å². The lowest BCUT2D eigenvalue weighted by Gasteiger charge is -2.43. The molecule has 0 unspecified atom stereocenters. The Hall–Kier alpha value is -2.53. The van der Waals surface area contributed by atoms with E-state index in [2.05, 4.69) is 16.0 Å². The normalized spacial score (nSPS) is 17.5. The molecule has 2 aromatic rings. The van der Waals surface area contributed by atoms with Gasteiger partial charge in [-0.25, -0.2) is 4.79 Å². The van der Waals surface area contributed by atoms with Gasteiger partial charge in [0.25, 0.3) is 5.91 Å². The van der Waals surface area contributed by atoms with Gasteiger partial charge in [-0.15, -0.1) is 0 Å². The van der Waals surface area contributed by atoms with Crippen molar-refractivity contribution in [2.75, 3.05) is 5.32 Å². The quantitative estimate of drug-likeness (QED) is 0.714. The van der Waals surface area contributed by atoms with Crippen LogP contribution in [0.1, 0.15) is 48.0 Å². The van der Waals surface area contributed by atoms with E-state index in [9.17, 15) is 9.59 Å². The summed E-state index contributed by atoms with van der Waals surface area (Å²) < 4.78 is 0. The summed E-state index contributed by atoms with van der Waals surface area (Å²) in [6, 6.07) is 14.7. The first-order valence-electron chi connectivity index (χ1n) is 9.30. The van der Waals surface area contributed by atoms with Gasteiger partial charge in [-0.3, -0.25) is 4.79 Å². The predicted octanol–water partition coefficient (Wildman–Crippen LogP) is 4.43. The SMILES string of the molecule is O=C(Nc1ccc(C(=O)NC2(c3ccc(Cl)cc3)CCC2)cc1)NC1CC1. The van der Waals surface area contributed by atoms with E-state index in [1.165, 1.54) is 0 Å². The second-order valence-corrected chi connectivity index (χ2v) is 7.78. The van der Waals surface area contributed by atoms with Crippen molar-refractivity contribution in [3.63, 3.8) is 0 Å². The third-order valence-electron chi connectivity index (χ3n) is 5.27. The number of halogens is 1. The molecular weight excluding hydrogens is 362 g/mol. The van der Waals surface area contributed by atoms with Crippen LogP contribution in [0, 0.1) is 0 Å². The minimum atomic E-state index is -0.317. The van der Waals surface area contributed by atoms with Crippen LogP contribution in [-0.4, -0.2) is 18.0 Å². The Bertz CT molecular complexity index is 841. The van der Waals surface area contributed by atoms with Crippen LogP contribution >= 0.6 is 11.6 Å². The number of carbonyl (C=O) groups excluding carboxylic acids is 2. The third kappa shape index (κ3) is 4.08.